The lowest BCUT2D eigenvalue weighted by Gasteiger charge is -2.40. The van der Waals surface area contributed by atoms with Crippen LogP contribution in [0.25, 0.3) is 0 Å². The molecule has 2 N–H and O–H groups in total. The molecule has 0 aromatic rings. The summed E-state index contributed by atoms with van der Waals surface area (Å²) in [6, 6.07) is 0.612. The normalized spacial score (nSPS) is 26.9. The second-order valence-electron chi connectivity index (χ2n) is 5.31. The molecular weight excluding hydrogens is 226 g/mol. The highest BCUT2D eigenvalue weighted by Crippen LogP contribution is 2.21. The number of hydrogen-bond acceptors (Lipinski definition) is 3. The lowest BCUT2D eigenvalue weighted by molar-refractivity contribution is -0.126. The average Bonchev–Trinajstić information content (AvgIpc) is 2.42. The first-order chi connectivity index (χ1) is 8.63. The molecule has 4 heteroatoms. The van der Waals surface area contributed by atoms with E-state index in [0.29, 0.717) is 12.0 Å². The van der Waals surface area contributed by atoms with Gasteiger partial charge in [-0.1, -0.05) is 20.3 Å². The quantitative estimate of drug-likeness (QED) is 0.750. The Labute approximate surface area is 111 Å². The zero-order valence-corrected chi connectivity index (χ0v) is 12.3. The summed E-state index contributed by atoms with van der Waals surface area (Å²) in [7, 11) is 2.04. The van der Waals surface area contributed by atoms with E-state index in [1.54, 1.807) is 0 Å². The second-order valence-corrected chi connectivity index (χ2v) is 5.31. The molecule has 4 nitrogen and oxygen atoms in total. The van der Waals surface area contributed by atoms with E-state index in [1.807, 2.05) is 14.0 Å². The van der Waals surface area contributed by atoms with Gasteiger partial charge in [0, 0.05) is 25.7 Å². The van der Waals surface area contributed by atoms with Crippen molar-refractivity contribution in [3.63, 3.8) is 0 Å². The van der Waals surface area contributed by atoms with Crippen LogP contribution in [0, 0.1) is 5.92 Å². The van der Waals surface area contributed by atoms with Crippen molar-refractivity contribution in [2.75, 3.05) is 26.7 Å². The third-order valence-electron chi connectivity index (χ3n) is 4.14. The van der Waals surface area contributed by atoms with E-state index >= 15 is 0 Å². The minimum atomic E-state index is 0.00315. The van der Waals surface area contributed by atoms with Gasteiger partial charge < -0.3 is 10.6 Å². The van der Waals surface area contributed by atoms with E-state index in [9.17, 15) is 4.79 Å². The monoisotopic (exact) mass is 255 g/mol. The summed E-state index contributed by atoms with van der Waals surface area (Å²) in [6.07, 6.45) is 3.31. The maximum atomic E-state index is 12.0. The van der Waals surface area contributed by atoms with Crippen molar-refractivity contribution < 1.29 is 4.79 Å². The van der Waals surface area contributed by atoms with Crippen molar-refractivity contribution in [2.24, 2.45) is 5.92 Å². The molecule has 1 fully saturated rings. The van der Waals surface area contributed by atoms with Crippen LogP contribution in [-0.2, 0) is 4.79 Å². The molecular formula is C14H29N3O. The summed E-state index contributed by atoms with van der Waals surface area (Å²) in [5.74, 6) is 0.833. The summed E-state index contributed by atoms with van der Waals surface area (Å²) in [6.45, 7) is 9.17. The number of amides is 1. The van der Waals surface area contributed by atoms with Crippen LogP contribution in [0.2, 0.25) is 0 Å². The molecule has 18 heavy (non-hydrogen) atoms. The minimum Gasteiger partial charge on any atom is -0.355 e. The Morgan fingerprint density at radius 1 is 1.44 bits per heavy atom. The third-order valence-corrected chi connectivity index (χ3v) is 4.14. The summed E-state index contributed by atoms with van der Waals surface area (Å²) in [5, 5.41) is 6.39. The standard InChI is InChI=1S/C14H29N3O/c1-5-8-16-14(18)11(3)17-9-7-13(15-4)12(6-2)10-17/h11-13,15H,5-10H2,1-4H3,(H,16,18). The summed E-state index contributed by atoms with van der Waals surface area (Å²) < 4.78 is 0. The largest absolute Gasteiger partial charge is 0.355 e. The maximum Gasteiger partial charge on any atom is 0.237 e. The first kappa shape index (κ1) is 15.4. The van der Waals surface area contributed by atoms with Crippen LogP contribution in [0.15, 0.2) is 0 Å². The van der Waals surface area contributed by atoms with E-state index in [4.69, 9.17) is 0 Å². The van der Waals surface area contributed by atoms with Crippen LogP contribution >= 0.6 is 0 Å². The zero-order chi connectivity index (χ0) is 13.5. The van der Waals surface area contributed by atoms with Gasteiger partial charge >= 0.3 is 0 Å². The van der Waals surface area contributed by atoms with Crippen LogP contribution in [0.3, 0.4) is 0 Å². The molecule has 1 heterocycles. The molecule has 0 bridgehead atoms. The summed E-state index contributed by atoms with van der Waals surface area (Å²) >= 11 is 0. The van der Waals surface area contributed by atoms with Gasteiger partial charge in [0.25, 0.3) is 0 Å². The van der Waals surface area contributed by atoms with E-state index in [-0.39, 0.29) is 11.9 Å². The number of carbonyl (C=O) groups excluding carboxylic acids is 1. The predicted octanol–water partition coefficient (Wildman–Crippen LogP) is 1.22. The van der Waals surface area contributed by atoms with Crippen molar-refractivity contribution in [3.05, 3.63) is 0 Å². The van der Waals surface area contributed by atoms with E-state index < -0.39 is 0 Å². The number of carbonyl (C=O) groups is 1. The fourth-order valence-electron chi connectivity index (χ4n) is 2.77. The van der Waals surface area contributed by atoms with Gasteiger partial charge in [-0.05, 0) is 32.7 Å². The SMILES string of the molecule is CCCNC(=O)C(C)N1CCC(NC)C(CC)C1. The first-order valence-electron chi connectivity index (χ1n) is 7.33. The molecule has 0 saturated carbocycles. The Balaban J connectivity index is 2.49. The van der Waals surface area contributed by atoms with Crippen LogP contribution < -0.4 is 10.6 Å². The lowest BCUT2D eigenvalue weighted by atomic mass is 9.89. The Hall–Kier alpha value is -0.610. The number of hydrogen-bond donors (Lipinski definition) is 2. The Morgan fingerprint density at radius 2 is 2.17 bits per heavy atom. The average molecular weight is 255 g/mol. The van der Waals surface area contributed by atoms with Crippen LogP contribution in [-0.4, -0.2) is 49.6 Å². The van der Waals surface area contributed by atoms with Gasteiger partial charge in [-0.3, -0.25) is 9.69 Å². The van der Waals surface area contributed by atoms with Crippen molar-refractivity contribution >= 4 is 5.91 Å². The Kier molecular flexibility index (Phi) is 6.65. The van der Waals surface area contributed by atoms with Gasteiger partial charge in [-0.2, -0.15) is 0 Å². The molecule has 1 aliphatic heterocycles. The molecule has 1 aliphatic rings. The molecule has 0 radical (unpaired) electrons. The number of nitrogens with one attached hydrogen (secondary N) is 2. The van der Waals surface area contributed by atoms with Gasteiger partial charge in [0.1, 0.15) is 0 Å². The van der Waals surface area contributed by atoms with Gasteiger partial charge in [-0.25, -0.2) is 0 Å². The van der Waals surface area contributed by atoms with Gasteiger partial charge in [0.2, 0.25) is 5.91 Å². The summed E-state index contributed by atoms with van der Waals surface area (Å²) in [5.41, 5.74) is 0. The molecule has 1 rings (SSSR count). The highest BCUT2D eigenvalue weighted by Gasteiger charge is 2.31. The van der Waals surface area contributed by atoms with E-state index in [0.717, 1.165) is 32.5 Å². The van der Waals surface area contributed by atoms with Crippen molar-refractivity contribution in [3.8, 4) is 0 Å². The van der Waals surface area contributed by atoms with E-state index in [1.165, 1.54) is 6.42 Å². The molecule has 0 aliphatic carbocycles. The molecule has 1 saturated heterocycles. The number of nitrogens with zero attached hydrogens (tertiary/aromatic N) is 1. The van der Waals surface area contributed by atoms with Crippen LogP contribution in [0.1, 0.15) is 40.0 Å². The first-order valence-corrected chi connectivity index (χ1v) is 7.33. The topological polar surface area (TPSA) is 44.4 Å². The molecule has 3 unspecified atom stereocenters. The molecule has 0 spiro atoms. The third kappa shape index (κ3) is 3.95. The predicted molar refractivity (Wildman–Crippen MR) is 75.6 cm³/mol. The molecule has 0 aromatic carbocycles. The van der Waals surface area contributed by atoms with Gasteiger partial charge in [0.15, 0.2) is 0 Å². The molecule has 0 aromatic heterocycles. The highest BCUT2D eigenvalue weighted by molar-refractivity contribution is 5.81. The smallest absolute Gasteiger partial charge is 0.237 e. The van der Waals surface area contributed by atoms with Crippen molar-refractivity contribution in [1.82, 2.24) is 15.5 Å². The van der Waals surface area contributed by atoms with Gasteiger partial charge in [0.05, 0.1) is 6.04 Å². The van der Waals surface area contributed by atoms with Crippen LogP contribution in [0.5, 0.6) is 0 Å². The fourth-order valence-corrected chi connectivity index (χ4v) is 2.77. The Morgan fingerprint density at radius 3 is 2.72 bits per heavy atom. The molecule has 3 atom stereocenters. The minimum absolute atomic E-state index is 0.00315. The molecule has 1 amide bonds. The van der Waals surface area contributed by atoms with E-state index in [2.05, 4.69) is 29.4 Å². The number of likely N-dealkylation sites (tertiary alicyclic amines) is 1. The zero-order valence-electron chi connectivity index (χ0n) is 12.3. The fraction of sp³-hybridized carbons (Fsp3) is 0.929. The number of rotatable bonds is 6. The van der Waals surface area contributed by atoms with Crippen molar-refractivity contribution in [1.29, 1.82) is 0 Å². The van der Waals surface area contributed by atoms with Crippen molar-refractivity contribution in [2.45, 2.75) is 52.1 Å². The maximum absolute atomic E-state index is 12.0. The lowest BCUT2D eigenvalue weighted by Crippen LogP contribution is -2.54. The Bertz CT molecular complexity index is 257. The van der Waals surface area contributed by atoms with Crippen LogP contribution in [0.4, 0.5) is 0 Å². The summed E-state index contributed by atoms with van der Waals surface area (Å²) in [4.78, 5) is 14.3. The van der Waals surface area contributed by atoms with Gasteiger partial charge in [-0.15, -0.1) is 0 Å². The number of piperidine rings is 1. The molecule has 106 valence electrons. The highest BCUT2D eigenvalue weighted by atomic mass is 16.2. The second kappa shape index (κ2) is 7.74.